The monoisotopic (exact) mass is 390 g/mol. The summed E-state index contributed by atoms with van der Waals surface area (Å²) >= 11 is 1.34. The van der Waals surface area contributed by atoms with Crippen molar-refractivity contribution in [1.82, 2.24) is 14.3 Å². The van der Waals surface area contributed by atoms with Crippen LogP contribution in [0.5, 0.6) is 17.4 Å². The van der Waals surface area contributed by atoms with Gasteiger partial charge in [0.15, 0.2) is 5.82 Å². The van der Waals surface area contributed by atoms with Crippen molar-refractivity contribution >= 4 is 16.7 Å². The van der Waals surface area contributed by atoms with Crippen LogP contribution in [0.4, 0.5) is 5.13 Å². The third kappa shape index (κ3) is 4.44. The van der Waals surface area contributed by atoms with Gasteiger partial charge in [-0.3, -0.25) is 0 Å². The van der Waals surface area contributed by atoms with Gasteiger partial charge in [0.2, 0.25) is 11.0 Å². The van der Waals surface area contributed by atoms with Crippen molar-refractivity contribution in [3.63, 3.8) is 0 Å². The second-order valence-corrected chi connectivity index (χ2v) is 6.68. The van der Waals surface area contributed by atoms with Crippen LogP contribution in [-0.4, -0.2) is 21.5 Å². The number of aromatic nitrogens is 3. The Bertz CT molecular complexity index is 1040. The molecule has 0 aliphatic carbocycles. The minimum Gasteiger partial charge on any atom is -0.497 e. The molecule has 4 rings (SSSR count). The number of rotatable bonds is 7. The first-order valence-corrected chi connectivity index (χ1v) is 9.47. The average molecular weight is 390 g/mol. The average Bonchev–Trinajstić information content (AvgIpc) is 3.23. The minimum atomic E-state index is 0.527. The van der Waals surface area contributed by atoms with Crippen molar-refractivity contribution < 1.29 is 9.47 Å². The molecular weight excluding hydrogens is 372 g/mol. The molecule has 0 atom stereocenters. The molecule has 0 fully saturated rings. The second-order valence-electron chi connectivity index (χ2n) is 5.93. The maximum absolute atomic E-state index is 5.76. The van der Waals surface area contributed by atoms with Gasteiger partial charge in [-0.2, -0.15) is 9.36 Å². The van der Waals surface area contributed by atoms with Crippen LogP contribution >= 0.6 is 11.5 Å². The number of nitrogens with one attached hydrogen (secondary N) is 1. The van der Waals surface area contributed by atoms with Gasteiger partial charge in [-0.25, -0.2) is 4.98 Å². The van der Waals surface area contributed by atoms with Crippen molar-refractivity contribution in [2.45, 2.75) is 6.54 Å². The number of nitrogens with zero attached hydrogens (tertiary/aromatic N) is 3. The molecule has 6 nitrogen and oxygen atoms in total. The molecule has 0 saturated heterocycles. The number of hydrogen-bond acceptors (Lipinski definition) is 7. The third-order valence-electron chi connectivity index (χ3n) is 3.96. The SMILES string of the molecule is COc1cccc(Oc2ccc(CNc3nc(-c4ccccc4)ns3)cn2)c1. The fourth-order valence-corrected chi connectivity index (χ4v) is 3.12. The molecule has 0 aliphatic rings. The van der Waals surface area contributed by atoms with Gasteiger partial charge < -0.3 is 14.8 Å². The van der Waals surface area contributed by atoms with E-state index in [2.05, 4.69) is 19.7 Å². The van der Waals surface area contributed by atoms with Crippen LogP contribution in [0.25, 0.3) is 11.4 Å². The maximum Gasteiger partial charge on any atom is 0.219 e. The molecule has 2 heterocycles. The smallest absolute Gasteiger partial charge is 0.219 e. The van der Waals surface area contributed by atoms with Crippen LogP contribution in [0.15, 0.2) is 72.9 Å². The van der Waals surface area contributed by atoms with Gasteiger partial charge in [-0.05, 0) is 17.7 Å². The van der Waals surface area contributed by atoms with Gasteiger partial charge in [-0.1, -0.05) is 42.5 Å². The van der Waals surface area contributed by atoms with Crippen LogP contribution in [0.1, 0.15) is 5.56 Å². The molecule has 0 unspecified atom stereocenters. The van der Waals surface area contributed by atoms with E-state index < -0.39 is 0 Å². The summed E-state index contributed by atoms with van der Waals surface area (Å²) < 4.78 is 15.4. The van der Waals surface area contributed by atoms with Gasteiger partial charge in [0.25, 0.3) is 0 Å². The Hall–Kier alpha value is -3.45. The van der Waals surface area contributed by atoms with Gasteiger partial charge >= 0.3 is 0 Å². The predicted molar refractivity (Wildman–Crippen MR) is 110 cm³/mol. The first kappa shape index (κ1) is 17.9. The summed E-state index contributed by atoms with van der Waals surface area (Å²) in [6.07, 6.45) is 1.78. The molecule has 2 aromatic carbocycles. The van der Waals surface area contributed by atoms with Crippen molar-refractivity contribution in [3.8, 4) is 28.8 Å². The molecule has 0 amide bonds. The Kier molecular flexibility index (Phi) is 5.44. The highest BCUT2D eigenvalue weighted by molar-refractivity contribution is 7.09. The summed E-state index contributed by atoms with van der Waals surface area (Å²) in [6.45, 7) is 0.607. The highest BCUT2D eigenvalue weighted by atomic mass is 32.1. The Morgan fingerprint density at radius 3 is 2.61 bits per heavy atom. The van der Waals surface area contributed by atoms with Gasteiger partial charge in [0.05, 0.1) is 7.11 Å². The molecule has 0 radical (unpaired) electrons. The van der Waals surface area contributed by atoms with Crippen molar-refractivity contribution in [1.29, 1.82) is 0 Å². The molecule has 0 saturated carbocycles. The molecule has 1 N–H and O–H groups in total. The molecule has 0 aliphatic heterocycles. The molecule has 0 bridgehead atoms. The van der Waals surface area contributed by atoms with Crippen molar-refractivity contribution in [2.75, 3.05) is 12.4 Å². The zero-order valence-electron chi connectivity index (χ0n) is 15.2. The number of hydrogen-bond donors (Lipinski definition) is 1. The summed E-state index contributed by atoms with van der Waals surface area (Å²) in [5, 5.41) is 4.06. The van der Waals surface area contributed by atoms with Crippen LogP contribution < -0.4 is 14.8 Å². The lowest BCUT2D eigenvalue weighted by atomic mass is 10.2. The van der Waals surface area contributed by atoms with E-state index in [1.54, 1.807) is 13.3 Å². The third-order valence-corrected chi connectivity index (χ3v) is 4.64. The lowest BCUT2D eigenvalue weighted by Gasteiger charge is -2.07. The molecule has 0 spiro atoms. The topological polar surface area (TPSA) is 69.2 Å². The quantitative estimate of drug-likeness (QED) is 0.478. The van der Waals surface area contributed by atoms with E-state index in [0.29, 0.717) is 18.2 Å². The van der Waals surface area contributed by atoms with E-state index in [1.807, 2.05) is 66.7 Å². The lowest BCUT2D eigenvalue weighted by molar-refractivity contribution is 0.407. The van der Waals surface area contributed by atoms with Crippen LogP contribution in [0.2, 0.25) is 0 Å². The summed E-state index contributed by atoms with van der Waals surface area (Å²) in [5.74, 6) is 2.68. The van der Waals surface area contributed by atoms with Crippen LogP contribution in [0, 0.1) is 0 Å². The zero-order valence-corrected chi connectivity index (χ0v) is 16.0. The number of ether oxygens (including phenoxy) is 2. The summed E-state index contributed by atoms with van der Waals surface area (Å²) in [6, 6.07) is 21.1. The fourth-order valence-electron chi connectivity index (χ4n) is 2.54. The van der Waals surface area contributed by atoms with Crippen LogP contribution in [0.3, 0.4) is 0 Å². The maximum atomic E-state index is 5.76. The normalized spacial score (nSPS) is 10.5. The molecule has 7 heteroatoms. The van der Waals surface area contributed by atoms with E-state index in [9.17, 15) is 0 Å². The highest BCUT2D eigenvalue weighted by Crippen LogP contribution is 2.24. The van der Waals surface area contributed by atoms with E-state index in [1.165, 1.54) is 11.5 Å². The van der Waals surface area contributed by atoms with Gasteiger partial charge in [0, 0.05) is 42.0 Å². The van der Waals surface area contributed by atoms with Gasteiger partial charge in [0.1, 0.15) is 11.5 Å². The summed E-state index contributed by atoms with van der Waals surface area (Å²) in [7, 11) is 1.62. The lowest BCUT2D eigenvalue weighted by Crippen LogP contribution is -2.00. The predicted octanol–water partition coefficient (Wildman–Crippen LogP) is 5.01. The first-order valence-electron chi connectivity index (χ1n) is 8.70. The Morgan fingerprint density at radius 1 is 0.964 bits per heavy atom. The standard InChI is InChI=1S/C21H18N4O2S/c1-26-17-8-5-9-18(12-17)27-19-11-10-15(13-22-19)14-23-21-24-20(25-28-21)16-6-3-2-4-7-16/h2-13H,14H2,1H3,(H,23,24,25). The second kappa shape index (κ2) is 8.49. The molecule has 140 valence electrons. The van der Waals surface area contributed by atoms with E-state index in [-0.39, 0.29) is 0 Å². The summed E-state index contributed by atoms with van der Waals surface area (Å²) in [5.41, 5.74) is 2.03. The van der Waals surface area contributed by atoms with Gasteiger partial charge in [-0.15, -0.1) is 0 Å². The molecule has 2 aromatic heterocycles. The Morgan fingerprint density at radius 2 is 1.82 bits per heavy atom. The number of methoxy groups -OCH3 is 1. The number of benzene rings is 2. The van der Waals surface area contributed by atoms with Crippen molar-refractivity contribution in [2.24, 2.45) is 0 Å². The van der Waals surface area contributed by atoms with E-state index in [0.717, 1.165) is 27.8 Å². The first-order chi connectivity index (χ1) is 13.8. The van der Waals surface area contributed by atoms with Crippen molar-refractivity contribution in [3.05, 3.63) is 78.5 Å². The highest BCUT2D eigenvalue weighted by Gasteiger charge is 2.06. The van der Waals surface area contributed by atoms with Crippen LogP contribution in [-0.2, 0) is 6.54 Å². The Labute approximate surface area is 167 Å². The van der Waals surface area contributed by atoms with E-state index in [4.69, 9.17) is 9.47 Å². The minimum absolute atomic E-state index is 0.527. The Balaban J connectivity index is 1.35. The molecule has 4 aromatic rings. The number of pyridine rings is 1. The zero-order chi connectivity index (χ0) is 19.2. The van der Waals surface area contributed by atoms with E-state index >= 15 is 0 Å². The molecular formula is C21H18N4O2S. The molecule has 28 heavy (non-hydrogen) atoms. The number of anilines is 1. The fraction of sp³-hybridized carbons (Fsp3) is 0.0952. The summed E-state index contributed by atoms with van der Waals surface area (Å²) in [4.78, 5) is 8.88. The largest absolute Gasteiger partial charge is 0.497 e.